The molecular weight excluding hydrogens is 168 g/mol. The molecule has 0 aliphatic rings. The maximum Gasteiger partial charge on any atom is 0.248 e. The zero-order valence-electron chi connectivity index (χ0n) is 6.99. The van der Waals surface area contributed by atoms with Crippen molar-refractivity contribution in [3.05, 3.63) is 35.4 Å². The number of amides is 2. The van der Waals surface area contributed by atoms with E-state index >= 15 is 0 Å². The number of hydrogen-bond donors (Lipinski definition) is 2. The number of carbonyl (C=O) groups excluding carboxylic acids is 2. The summed E-state index contributed by atoms with van der Waals surface area (Å²) < 4.78 is 0. The van der Waals surface area contributed by atoms with Crippen LogP contribution in [0.25, 0.3) is 0 Å². The van der Waals surface area contributed by atoms with Gasteiger partial charge in [-0.05, 0) is 17.7 Å². The van der Waals surface area contributed by atoms with E-state index in [0.29, 0.717) is 5.56 Å². The standard InChI is InChI=1S/C9H10N2O2/c10-8(12)5-6-1-3-7(4-2-6)9(11)13/h1-4H,5H2,(H2,10,12)(H2,11,13). The topological polar surface area (TPSA) is 86.2 Å². The van der Waals surface area contributed by atoms with E-state index in [1.54, 1.807) is 24.3 Å². The van der Waals surface area contributed by atoms with Crippen molar-refractivity contribution in [3.63, 3.8) is 0 Å². The quantitative estimate of drug-likeness (QED) is 0.672. The third kappa shape index (κ3) is 2.59. The SMILES string of the molecule is NC(=O)Cc1ccc(C(N)=O)cc1. The van der Waals surface area contributed by atoms with Crippen LogP contribution in [0.2, 0.25) is 0 Å². The van der Waals surface area contributed by atoms with Crippen LogP contribution in [0, 0.1) is 0 Å². The lowest BCUT2D eigenvalue weighted by molar-refractivity contribution is -0.117. The van der Waals surface area contributed by atoms with Gasteiger partial charge in [-0.3, -0.25) is 9.59 Å². The monoisotopic (exact) mass is 178 g/mol. The van der Waals surface area contributed by atoms with Crippen LogP contribution >= 0.6 is 0 Å². The second kappa shape index (κ2) is 3.71. The van der Waals surface area contributed by atoms with Gasteiger partial charge in [-0.15, -0.1) is 0 Å². The molecule has 4 nitrogen and oxygen atoms in total. The maximum absolute atomic E-state index is 10.7. The average molecular weight is 178 g/mol. The second-order valence-corrected chi connectivity index (χ2v) is 2.70. The van der Waals surface area contributed by atoms with Crippen molar-refractivity contribution >= 4 is 11.8 Å². The van der Waals surface area contributed by atoms with E-state index in [4.69, 9.17) is 11.5 Å². The molecule has 0 fully saturated rings. The average Bonchev–Trinajstić information content (AvgIpc) is 2.04. The van der Waals surface area contributed by atoms with Gasteiger partial charge in [-0.2, -0.15) is 0 Å². The van der Waals surface area contributed by atoms with Crippen molar-refractivity contribution in [2.24, 2.45) is 11.5 Å². The molecule has 13 heavy (non-hydrogen) atoms. The Morgan fingerprint density at radius 2 is 1.62 bits per heavy atom. The Balaban J connectivity index is 2.81. The molecule has 0 aromatic heterocycles. The van der Waals surface area contributed by atoms with Crippen LogP contribution in [0.1, 0.15) is 15.9 Å². The third-order valence-corrected chi connectivity index (χ3v) is 1.62. The molecule has 0 aliphatic carbocycles. The summed E-state index contributed by atoms with van der Waals surface area (Å²) in [6.07, 6.45) is 0.180. The lowest BCUT2D eigenvalue weighted by atomic mass is 10.1. The van der Waals surface area contributed by atoms with Crippen LogP contribution in [-0.2, 0) is 11.2 Å². The first kappa shape index (κ1) is 9.25. The first-order chi connectivity index (χ1) is 6.09. The number of primary amides is 2. The van der Waals surface area contributed by atoms with Crippen molar-refractivity contribution < 1.29 is 9.59 Å². The molecule has 68 valence electrons. The number of benzene rings is 1. The van der Waals surface area contributed by atoms with Crippen LogP contribution in [0.5, 0.6) is 0 Å². The van der Waals surface area contributed by atoms with Crippen LogP contribution in [-0.4, -0.2) is 11.8 Å². The summed E-state index contributed by atoms with van der Waals surface area (Å²) in [6, 6.07) is 6.46. The molecule has 0 saturated heterocycles. The van der Waals surface area contributed by atoms with Crippen molar-refractivity contribution in [2.75, 3.05) is 0 Å². The highest BCUT2D eigenvalue weighted by molar-refractivity contribution is 5.92. The van der Waals surface area contributed by atoms with Crippen LogP contribution in [0.15, 0.2) is 24.3 Å². The molecule has 0 spiro atoms. The Morgan fingerprint density at radius 1 is 1.08 bits per heavy atom. The molecule has 1 rings (SSSR count). The summed E-state index contributed by atoms with van der Waals surface area (Å²) in [5.41, 5.74) is 11.2. The van der Waals surface area contributed by atoms with Gasteiger partial charge in [0.25, 0.3) is 0 Å². The predicted molar refractivity (Wildman–Crippen MR) is 47.9 cm³/mol. The van der Waals surface area contributed by atoms with Crippen molar-refractivity contribution in [1.82, 2.24) is 0 Å². The molecular formula is C9H10N2O2. The summed E-state index contributed by atoms with van der Waals surface area (Å²) in [5.74, 6) is -0.877. The summed E-state index contributed by atoms with van der Waals surface area (Å²) in [4.78, 5) is 21.2. The van der Waals surface area contributed by atoms with Crippen LogP contribution < -0.4 is 11.5 Å². The van der Waals surface area contributed by atoms with Crippen LogP contribution in [0.3, 0.4) is 0 Å². The van der Waals surface area contributed by atoms with E-state index in [1.807, 2.05) is 0 Å². The zero-order valence-corrected chi connectivity index (χ0v) is 6.99. The highest BCUT2D eigenvalue weighted by Gasteiger charge is 2.01. The molecule has 0 unspecified atom stereocenters. The third-order valence-electron chi connectivity index (χ3n) is 1.62. The molecule has 1 aromatic rings. The Kier molecular flexibility index (Phi) is 2.64. The van der Waals surface area contributed by atoms with E-state index in [1.165, 1.54) is 0 Å². The van der Waals surface area contributed by atoms with Gasteiger partial charge < -0.3 is 11.5 Å². The van der Waals surface area contributed by atoms with Gasteiger partial charge in [0.2, 0.25) is 11.8 Å². The first-order valence-electron chi connectivity index (χ1n) is 3.76. The van der Waals surface area contributed by atoms with Gasteiger partial charge in [0, 0.05) is 5.56 Å². The molecule has 4 N–H and O–H groups in total. The first-order valence-corrected chi connectivity index (χ1v) is 3.76. The van der Waals surface area contributed by atoms with Crippen LogP contribution in [0.4, 0.5) is 0 Å². The molecule has 0 saturated carbocycles. The molecule has 2 amide bonds. The number of carbonyl (C=O) groups is 2. The summed E-state index contributed by atoms with van der Waals surface area (Å²) in [7, 11) is 0. The smallest absolute Gasteiger partial charge is 0.248 e. The summed E-state index contributed by atoms with van der Waals surface area (Å²) >= 11 is 0. The minimum atomic E-state index is -0.481. The second-order valence-electron chi connectivity index (χ2n) is 2.70. The van der Waals surface area contributed by atoms with Gasteiger partial charge in [-0.1, -0.05) is 12.1 Å². The minimum absolute atomic E-state index is 0.180. The fraction of sp³-hybridized carbons (Fsp3) is 0.111. The summed E-state index contributed by atoms with van der Waals surface area (Å²) in [5, 5.41) is 0. The van der Waals surface area contributed by atoms with Gasteiger partial charge in [-0.25, -0.2) is 0 Å². The van der Waals surface area contributed by atoms with Gasteiger partial charge >= 0.3 is 0 Å². The lowest BCUT2D eigenvalue weighted by Gasteiger charge is -1.98. The molecule has 0 heterocycles. The van der Waals surface area contributed by atoms with Crippen molar-refractivity contribution in [2.45, 2.75) is 6.42 Å². The van der Waals surface area contributed by atoms with Crippen molar-refractivity contribution in [3.8, 4) is 0 Å². The van der Waals surface area contributed by atoms with Gasteiger partial charge in [0.1, 0.15) is 0 Å². The molecule has 0 bridgehead atoms. The molecule has 0 aliphatic heterocycles. The molecule has 4 heteroatoms. The highest BCUT2D eigenvalue weighted by Crippen LogP contribution is 2.03. The minimum Gasteiger partial charge on any atom is -0.369 e. The lowest BCUT2D eigenvalue weighted by Crippen LogP contribution is -2.14. The normalized spacial score (nSPS) is 9.54. The fourth-order valence-electron chi connectivity index (χ4n) is 0.988. The largest absolute Gasteiger partial charge is 0.369 e. The highest BCUT2D eigenvalue weighted by atomic mass is 16.1. The Hall–Kier alpha value is -1.84. The zero-order chi connectivity index (χ0) is 9.84. The van der Waals surface area contributed by atoms with E-state index in [-0.39, 0.29) is 6.42 Å². The van der Waals surface area contributed by atoms with Gasteiger partial charge in [0.15, 0.2) is 0 Å². The number of rotatable bonds is 3. The molecule has 1 aromatic carbocycles. The van der Waals surface area contributed by atoms with Gasteiger partial charge in [0.05, 0.1) is 6.42 Å². The van der Waals surface area contributed by atoms with Crippen molar-refractivity contribution in [1.29, 1.82) is 0 Å². The maximum atomic E-state index is 10.7. The van der Waals surface area contributed by atoms with E-state index in [2.05, 4.69) is 0 Å². The Morgan fingerprint density at radius 3 is 2.00 bits per heavy atom. The Bertz CT molecular complexity index is 330. The predicted octanol–water partition coefficient (Wildman–Crippen LogP) is -0.187. The number of nitrogens with two attached hydrogens (primary N) is 2. The van der Waals surface area contributed by atoms with E-state index < -0.39 is 11.8 Å². The fourth-order valence-corrected chi connectivity index (χ4v) is 0.988. The summed E-state index contributed by atoms with van der Waals surface area (Å²) in [6.45, 7) is 0. The van der Waals surface area contributed by atoms with E-state index in [9.17, 15) is 9.59 Å². The number of hydrogen-bond acceptors (Lipinski definition) is 2. The Labute approximate surface area is 75.5 Å². The molecule has 0 radical (unpaired) electrons. The molecule has 0 atom stereocenters. The van der Waals surface area contributed by atoms with E-state index in [0.717, 1.165) is 5.56 Å².